The van der Waals surface area contributed by atoms with Gasteiger partial charge >= 0.3 is 0 Å². The predicted octanol–water partition coefficient (Wildman–Crippen LogP) is 6.87. The number of halogens is 1. The molecule has 0 atom stereocenters. The fraction of sp³-hybridized carbons (Fsp3) is 0.0333. The van der Waals surface area contributed by atoms with Crippen LogP contribution in [-0.2, 0) is 0 Å². The zero-order valence-corrected chi connectivity index (χ0v) is 20.8. The molecule has 0 saturated carbocycles. The molecule has 39 heavy (non-hydrogen) atoms. The van der Waals surface area contributed by atoms with Gasteiger partial charge in [0.25, 0.3) is 0 Å². The fourth-order valence-corrected chi connectivity index (χ4v) is 4.20. The van der Waals surface area contributed by atoms with Crippen LogP contribution in [0.4, 0.5) is 21.8 Å². The normalized spacial score (nSPS) is 10.8. The summed E-state index contributed by atoms with van der Waals surface area (Å²) < 4.78 is 20.0. The number of anilines is 3. The van der Waals surface area contributed by atoms with Crippen LogP contribution in [0.2, 0.25) is 0 Å². The Balaban J connectivity index is 1.25. The molecule has 0 radical (unpaired) electrons. The van der Waals surface area contributed by atoms with Crippen LogP contribution in [0.15, 0.2) is 103 Å². The van der Waals surface area contributed by atoms with Gasteiger partial charge in [-0.15, -0.1) is 10.2 Å². The maximum atomic E-state index is 13.8. The Kier molecular flexibility index (Phi) is 6.45. The molecule has 2 N–H and O–H groups in total. The van der Waals surface area contributed by atoms with Gasteiger partial charge in [-0.1, -0.05) is 36.4 Å². The largest absolute Gasteiger partial charge is 0.438 e. The molecule has 0 aliphatic heterocycles. The van der Waals surface area contributed by atoms with Crippen LogP contribution in [0, 0.1) is 5.82 Å². The molecule has 3 aromatic heterocycles. The molecule has 0 saturated heterocycles. The Hall–Kier alpha value is -5.44. The lowest BCUT2D eigenvalue weighted by Crippen LogP contribution is -2.00. The maximum Gasteiger partial charge on any atom is 0.228 e. The zero-order chi connectivity index (χ0) is 26.6. The molecule has 9 heteroatoms. The molecule has 6 aromatic rings. The highest BCUT2D eigenvalue weighted by Gasteiger charge is 2.13. The van der Waals surface area contributed by atoms with Crippen LogP contribution in [0.5, 0.6) is 11.6 Å². The van der Waals surface area contributed by atoms with E-state index in [4.69, 9.17) is 4.74 Å². The Bertz CT molecular complexity index is 1780. The molecule has 8 nitrogen and oxygen atoms in total. The minimum absolute atomic E-state index is 0.319. The summed E-state index contributed by atoms with van der Waals surface area (Å²) in [5, 5.41) is 16.8. The van der Waals surface area contributed by atoms with Gasteiger partial charge in [0.15, 0.2) is 5.82 Å². The first-order chi connectivity index (χ1) is 19.2. The van der Waals surface area contributed by atoms with Crippen molar-refractivity contribution in [3.05, 3.63) is 109 Å². The van der Waals surface area contributed by atoms with Gasteiger partial charge in [0.05, 0.1) is 11.3 Å². The zero-order valence-electron chi connectivity index (χ0n) is 20.8. The topological polar surface area (TPSA) is 97.7 Å². The first kappa shape index (κ1) is 23.9. The summed E-state index contributed by atoms with van der Waals surface area (Å²) in [7, 11) is 1.77. The number of nitrogens with one attached hydrogen (secondary N) is 2. The van der Waals surface area contributed by atoms with E-state index in [1.54, 1.807) is 25.5 Å². The number of aromatic nitrogens is 5. The van der Waals surface area contributed by atoms with Crippen molar-refractivity contribution in [2.24, 2.45) is 0 Å². The van der Waals surface area contributed by atoms with Gasteiger partial charge in [0, 0.05) is 41.5 Å². The molecule has 0 bridgehead atoms. The lowest BCUT2D eigenvalue weighted by molar-refractivity contribution is 0.465. The molecule has 0 unspecified atom stereocenters. The number of nitrogens with zero attached hydrogens (tertiary/aromatic N) is 5. The minimum Gasteiger partial charge on any atom is -0.438 e. The van der Waals surface area contributed by atoms with Crippen molar-refractivity contribution < 1.29 is 9.13 Å². The van der Waals surface area contributed by atoms with Gasteiger partial charge in [-0.05, 0) is 54.6 Å². The molecular weight excluding hydrogens is 493 g/mol. The fourth-order valence-electron chi connectivity index (χ4n) is 4.20. The number of hydrogen-bond donors (Lipinski definition) is 2. The van der Waals surface area contributed by atoms with E-state index in [0.29, 0.717) is 40.3 Å². The summed E-state index contributed by atoms with van der Waals surface area (Å²) in [5.74, 6) is 1.83. The van der Waals surface area contributed by atoms with Crippen LogP contribution >= 0.6 is 0 Å². The molecule has 0 spiro atoms. The summed E-state index contributed by atoms with van der Waals surface area (Å²) >= 11 is 0. The van der Waals surface area contributed by atoms with Crippen molar-refractivity contribution in [1.82, 2.24) is 25.1 Å². The predicted molar refractivity (Wildman–Crippen MR) is 150 cm³/mol. The molecule has 3 heterocycles. The lowest BCUT2D eigenvalue weighted by atomic mass is 10.0. The van der Waals surface area contributed by atoms with Crippen molar-refractivity contribution in [3.63, 3.8) is 0 Å². The Labute approximate surface area is 223 Å². The molecule has 0 amide bonds. The molecule has 190 valence electrons. The highest BCUT2D eigenvalue weighted by molar-refractivity contribution is 6.00. The summed E-state index contributed by atoms with van der Waals surface area (Å²) in [6.07, 6.45) is 3.36. The van der Waals surface area contributed by atoms with Crippen molar-refractivity contribution in [2.75, 3.05) is 17.7 Å². The molecule has 6 rings (SSSR count). The number of ether oxygens (including phenoxy) is 1. The third kappa shape index (κ3) is 5.05. The SMILES string of the molecule is CNc1nccc(-c2cccnc2Oc2ccc(Nc3nnc(-c4cccc(F)c4)c4ccccc34)cc2)n1. The van der Waals surface area contributed by atoms with E-state index in [-0.39, 0.29) is 5.82 Å². The number of benzene rings is 3. The van der Waals surface area contributed by atoms with Crippen molar-refractivity contribution in [1.29, 1.82) is 0 Å². The standard InChI is InChI=1S/C30H22FN7O/c1-32-30-34-17-15-26(36-30)25-10-5-16-33-29(25)39-22-13-11-21(12-14-22)35-28-24-9-3-2-8-23(24)27(37-38-28)19-6-4-7-20(31)18-19/h2-18H,1H3,(H,35,38)(H,32,34,36). The van der Waals surface area contributed by atoms with Crippen molar-refractivity contribution >= 4 is 28.2 Å². The van der Waals surface area contributed by atoms with E-state index in [0.717, 1.165) is 22.0 Å². The van der Waals surface area contributed by atoms with E-state index < -0.39 is 0 Å². The first-order valence-electron chi connectivity index (χ1n) is 12.2. The van der Waals surface area contributed by atoms with Gasteiger partial charge in [-0.2, -0.15) is 0 Å². The summed E-state index contributed by atoms with van der Waals surface area (Å²) in [4.78, 5) is 13.1. The van der Waals surface area contributed by atoms with E-state index in [2.05, 4.69) is 35.8 Å². The molecule has 3 aromatic carbocycles. The van der Waals surface area contributed by atoms with Gasteiger partial charge in [-0.25, -0.2) is 19.3 Å². The number of fused-ring (bicyclic) bond motifs is 1. The third-order valence-electron chi connectivity index (χ3n) is 6.04. The summed E-state index contributed by atoms with van der Waals surface area (Å²) in [5.41, 5.74) is 3.54. The quantitative estimate of drug-likeness (QED) is 0.238. The van der Waals surface area contributed by atoms with Crippen LogP contribution < -0.4 is 15.4 Å². The number of pyridine rings is 1. The Morgan fingerprint density at radius 1 is 0.769 bits per heavy atom. The van der Waals surface area contributed by atoms with Crippen molar-refractivity contribution in [2.45, 2.75) is 0 Å². The molecule has 0 fully saturated rings. The van der Waals surface area contributed by atoms with Gasteiger partial charge in [0.2, 0.25) is 11.8 Å². The molecule has 0 aliphatic carbocycles. The van der Waals surface area contributed by atoms with Crippen molar-refractivity contribution in [3.8, 4) is 34.1 Å². The van der Waals surface area contributed by atoms with E-state index in [9.17, 15) is 4.39 Å². The van der Waals surface area contributed by atoms with E-state index in [1.165, 1.54) is 12.1 Å². The highest BCUT2D eigenvalue weighted by atomic mass is 19.1. The maximum absolute atomic E-state index is 13.8. The first-order valence-corrected chi connectivity index (χ1v) is 12.2. The van der Waals surface area contributed by atoms with Gasteiger partial charge < -0.3 is 15.4 Å². The van der Waals surface area contributed by atoms with Crippen LogP contribution in [-0.4, -0.2) is 32.2 Å². The second-order valence-electron chi connectivity index (χ2n) is 8.58. The van der Waals surface area contributed by atoms with Gasteiger partial charge in [-0.3, -0.25) is 0 Å². The lowest BCUT2D eigenvalue weighted by Gasteiger charge is -2.13. The van der Waals surface area contributed by atoms with Crippen LogP contribution in [0.3, 0.4) is 0 Å². The average Bonchev–Trinajstić information content (AvgIpc) is 2.98. The summed E-state index contributed by atoms with van der Waals surface area (Å²) in [6, 6.07) is 27.1. The van der Waals surface area contributed by atoms with E-state index >= 15 is 0 Å². The third-order valence-corrected chi connectivity index (χ3v) is 6.04. The Morgan fingerprint density at radius 2 is 1.62 bits per heavy atom. The molecular formula is C30H22FN7O. The van der Waals surface area contributed by atoms with E-state index in [1.807, 2.05) is 72.8 Å². The molecule has 0 aliphatic rings. The average molecular weight is 516 g/mol. The minimum atomic E-state index is -0.319. The number of hydrogen-bond acceptors (Lipinski definition) is 8. The Morgan fingerprint density at radius 3 is 2.44 bits per heavy atom. The highest BCUT2D eigenvalue weighted by Crippen LogP contribution is 2.33. The number of rotatable bonds is 7. The van der Waals surface area contributed by atoms with Crippen LogP contribution in [0.25, 0.3) is 33.3 Å². The second kappa shape index (κ2) is 10.5. The smallest absolute Gasteiger partial charge is 0.228 e. The second-order valence-corrected chi connectivity index (χ2v) is 8.58. The van der Waals surface area contributed by atoms with Gasteiger partial charge in [0.1, 0.15) is 17.3 Å². The summed E-state index contributed by atoms with van der Waals surface area (Å²) in [6.45, 7) is 0. The monoisotopic (exact) mass is 515 g/mol. The van der Waals surface area contributed by atoms with Crippen LogP contribution in [0.1, 0.15) is 0 Å².